The summed E-state index contributed by atoms with van der Waals surface area (Å²) in [6.45, 7) is 2.90. The normalized spacial score (nSPS) is 14.5. The van der Waals surface area contributed by atoms with E-state index in [9.17, 15) is 19.8 Å². The highest BCUT2D eigenvalue weighted by molar-refractivity contribution is 5.69. The molecule has 2 atom stereocenters. The first kappa shape index (κ1) is 11.2. The first-order chi connectivity index (χ1) is 6.93. The van der Waals surface area contributed by atoms with Crippen LogP contribution >= 0.6 is 0 Å². The van der Waals surface area contributed by atoms with Crippen LogP contribution in [0.1, 0.15) is 25.9 Å². The number of imidazole rings is 1. The van der Waals surface area contributed by atoms with Crippen LogP contribution in [-0.2, 0) is 9.59 Å². The maximum atomic E-state index is 10.5. The van der Waals surface area contributed by atoms with E-state index in [0.29, 0.717) is 0 Å². The number of carboxylic acids is 2. The molecule has 1 heterocycles. The quantitative estimate of drug-likeness (QED) is 0.511. The Morgan fingerprint density at radius 2 is 1.87 bits per heavy atom. The minimum atomic E-state index is -1.22. The third-order valence-electron chi connectivity index (χ3n) is 2.25. The van der Waals surface area contributed by atoms with E-state index in [-0.39, 0.29) is 0 Å². The van der Waals surface area contributed by atoms with Crippen molar-refractivity contribution in [1.29, 1.82) is 0 Å². The van der Waals surface area contributed by atoms with Crippen LogP contribution in [-0.4, -0.2) is 16.5 Å². The Kier molecular flexibility index (Phi) is 3.08. The molecule has 15 heavy (non-hydrogen) atoms. The number of hydrogen-bond acceptors (Lipinski definition) is 4. The fourth-order valence-electron chi connectivity index (χ4n) is 1.09. The highest BCUT2D eigenvalue weighted by Crippen LogP contribution is 2.03. The van der Waals surface area contributed by atoms with E-state index >= 15 is 0 Å². The predicted octanol–water partition coefficient (Wildman–Crippen LogP) is -2.60. The topological polar surface area (TPSA) is 89.1 Å². The lowest BCUT2D eigenvalue weighted by Gasteiger charge is -2.09. The number of hydrogen-bond donors (Lipinski definition) is 0. The van der Waals surface area contributed by atoms with Crippen LogP contribution in [0.4, 0.5) is 0 Å². The van der Waals surface area contributed by atoms with E-state index in [4.69, 9.17) is 0 Å². The monoisotopic (exact) mass is 211 g/mol. The second kappa shape index (κ2) is 4.12. The van der Waals surface area contributed by atoms with Gasteiger partial charge in [0.25, 0.3) is 0 Å². The zero-order valence-electron chi connectivity index (χ0n) is 8.41. The number of rotatable bonds is 4. The molecule has 1 aromatic rings. The third-order valence-corrected chi connectivity index (χ3v) is 2.25. The summed E-state index contributed by atoms with van der Waals surface area (Å²) >= 11 is 0. The number of aliphatic carboxylic acids is 2. The maximum Gasteiger partial charge on any atom is 0.244 e. The van der Waals surface area contributed by atoms with Gasteiger partial charge in [0.15, 0.2) is 0 Å². The average molecular weight is 211 g/mol. The lowest BCUT2D eigenvalue weighted by atomic mass is 10.3. The van der Waals surface area contributed by atoms with E-state index in [1.54, 1.807) is 0 Å². The number of carbonyl (C=O) groups is 2. The summed E-state index contributed by atoms with van der Waals surface area (Å²) in [7, 11) is 0. The molecule has 0 radical (unpaired) electrons. The summed E-state index contributed by atoms with van der Waals surface area (Å²) in [5.41, 5.74) is 0. The summed E-state index contributed by atoms with van der Waals surface area (Å²) in [6, 6.07) is -1.67. The zero-order chi connectivity index (χ0) is 11.6. The number of aromatic nitrogens is 2. The van der Waals surface area contributed by atoms with Crippen LogP contribution in [0.2, 0.25) is 0 Å². The Bertz CT molecular complexity index is 351. The van der Waals surface area contributed by atoms with Crippen molar-refractivity contribution in [1.82, 2.24) is 4.57 Å². The highest BCUT2D eigenvalue weighted by Gasteiger charge is 2.16. The smallest absolute Gasteiger partial charge is 0.244 e. The molecule has 0 aromatic carbocycles. The SMILES string of the molecule is C[C@H](C(=O)[O-])n1cc[n+]([C@H](C)C(=O)[O-])c1. The lowest BCUT2D eigenvalue weighted by molar-refractivity contribution is -0.712. The largest absolute Gasteiger partial charge is 0.546 e. The average Bonchev–Trinajstić information content (AvgIpc) is 2.63. The summed E-state index contributed by atoms with van der Waals surface area (Å²) in [6.07, 6.45) is 4.33. The van der Waals surface area contributed by atoms with Crippen molar-refractivity contribution in [2.75, 3.05) is 0 Å². The van der Waals surface area contributed by atoms with Gasteiger partial charge in [-0.25, -0.2) is 9.13 Å². The number of carbonyl (C=O) groups excluding carboxylic acids is 2. The van der Waals surface area contributed by atoms with Crippen molar-refractivity contribution in [3.05, 3.63) is 18.7 Å². The third kappa shape index (κ3) is 2.34. The molecule has 0 aliphatic carbocycles. The van der Waals surface area contributed by atoms with Gasteiger partial charge in [-0.3, -0.25) is 0 Å². The van der Waals surface area contributed by atoms with Gasteiger partial charge in [-0.05, 0) is 13.8 Å². The van der Waals surface area contributed by atoms with Gasteiger partial charge in [0.1, 0.15) is 24.5 Å². The Balaban J connectivity index is 2.89. The molecule has 0 aliphatic heterocycles. The van der Waals surface area contributed by atoms with Gasteiger partial charge < -0.3 is 19.8 Å². The summed E-state index contributed by atoms with van der Waals surface area (Å²) in [5.74, 6) is -2.45. The summed E-state index contributed by atoms with van der Waals surface area (Å²) < 4.78 is 2.71. The molecule has 0 N–H and O–H groups in total. The minimum absolute atomic E-state index is 0.833. The maximum absolute atomic E-state index is 10.5. The molecule has 0 amide bonds. The molecule has 0 saturated carbocycles. The molecule has 0 bridgehead atoms. The van der Waals surface area contributed by atoms with E-state index in [1.807, 2.05) is 0 Å². The molecule has 0 unspecified atom stereocenters. The van der Waals surface area contributed by atoms with Crippen LogP contribution < -0.4 is 14.8 Å². The van der Waals surface area contributed by atoms with Gasteiger partial charge in [0.05, 0.1) is 11.9 Å². The second-order valence-corrected chi connectivity index (χ2v) is 3.30. The first-order valence-corrected chi connectivity index (χ1v) is 4.43. The van der Waals surface area contributed by atoms with Crippen LogP contribution in [0.3, 0.4) is 0 Å². The first-order valence-electron chi connectivity index (χ1n) is 4.43. The van der Waals surface area contributed by atoms with Crippen molar-refractivity contribution in [2.45, 2.75) is 25.9 Å². The van der Waals surface area contributed by atoms with Gasteiger partial charge >= 0.3 is 0 Å². The number of carboxylic acid groups (broad SMARTS) is 2. The van der Waals surface area contributed by atoms with Gasteiger partial charge in [-0.1, -0.05) is 0 Å². The van der Waals surface area contributed by atoms with E-state index in [2.05, 4.69) is 0 Å². The van der Waals surface area contributed by atoms with E-state index in [0.717, 1.165) is 0 Å². The van der Waals surface area contributed by atoms with Crippen molar-refractivity contribution in [2.24, 2.45) is 0 Å². The Morgan fingerprint density at radius 1 is 1.27 bits per heavy atom. The summed E-state index contributed by atoms with van der Waals surface area (Å²) in [5, 5.41) is 21.1. The standard InChI is InChI=1S/C9H12N2O4/c1-6(8(12)13)10-3-4-11(5-10)7(2)9(14)15/h3-7H,1-2H3,(H-,12,13,14,15)/p-1/t6-,7-/m1/s1. The highest BCUT2D eigenvalue weighted by atomic mass is 16.4. The molecule has 1 aromatic heterocycles. The van der Waals surface area contributed by atoms with E-state index in [1.165, 1.54) is 41.7 Å². The molecule has 6 heteroatoms. The second-order valence-electron chi connectivity index (χ2n) is 3.30. The Morgan fingerprint density at radius 3 is 2.33 bits per heavy atom. The zero-order valence-corrected chi connectivity index (χ0v) is 8.41. The fraction of sp³-hybridized carbons (Fsp3) is 0.444. The van der Waals surface area contributed by atoms with Crippen molar-refractivity contribution in [3.8, 4) is 0 Å². The molecule has 0 saturated heterocycles. The number of nitrogens with zero attached hydrogens (tertiary/aromatic N) is 2. The molecule has 0 aliphatic rings. The molecule has 82 valence electrons. The summed E-state index contributed by atoms with van der Waals surface area (Å²) in [4.78, 5) is 21.1. The Hall–Kier alpha value is -1.85. The molecule has 0 fully saturated rings. The molecule has 1 rings (SSSR count). The van der Waals surface area contributed by atoms with Gasteiger partial charge in [-0.15, -0.1) is 0 Å². The Labute approximate surface area is 86.4 Å². The predicted molar refractivity (Wildman–Crippen MR) is 44.1 cm³/mol. The van der Waals surface area contributed by atoms with Crippen LogP contribution in [0.5, 0.6) is 0 Å². The van der Waals surface area contributed by atoms with Gasteiger partial charge in [0, 0.05) is 0 Å². The van der Waals surface area contributed by atoms with Crippen LogP contribution in [0, 0.1) is 0 Å². The van der Waals surface area contributed by atoms with Gasteiger partial charge in [0.2, 0.25) is 6.33 Å². The van der Waals surface area contributed by atoms with E-state index < -0.39 is 24.0 Å². The van der Waals surface area contributed by atoms with Crippen LogP contribution in [0.25, 0.3) is 0 Å². The molecular formula is C9H11N2O4-. The lowest BCUT2D eigenvalue weighted by Crippen LogP contribution is -2.46. The van der Waals surface area contributed by atoms with Crippen molar-refractivity contribution < 1.29 is 24.4 Å². The fourth-order valence-corrected chi connectivity index (χ4v) is 1.09. The molecule has 6 nitrogen and oxygen atoms in total. The molecule has 0 spiro atoms. The minimum Gasteiger partial charge on any atom is -0.546 e. The van der Waals surface area contributed by atoms with Crippen molar-refractivity contribution >= 4 is 11.9 Å². The van der Waals surface area contributed by atoms with Crippen molar-refractivity contribution in [3.63, 3.8) is 0 Å². The van der Waals surface area contributed by atoms with Crippen LogP contribution in [0.15, 0.2) is 18.7 Å². The molecular weight excluding hydrogens is 200 g/mol. The van der Waals surface area contributed by atoms with Gasteiger partial charge in [-0.2, -0.15) is 0 Å².